The van der Waals surface area contributed by atoms with Crippen LogP contribution in [-0.4, -0.2) is 31.9 Å². The standard InChI is InChI=1S/C11H23NO3S/c1-3-9(2)8-16(14,15)12-7-10-5-4-6-11(10)13/h9-13H,3-8H2,1-2H3. The third-order valence-electron chi connectivity index (χ3n) is 3.39. The van der Waals surface area contributed by atoms with Crippen LogP contribution in [0.4, 0.5) is 0 Å². The highest BCUT2D eigenvalue weighted by atomic mass is 32.2. The molecule has 5 heteroatoms. The zero-order chi connectivity index (χ0) is 12.2. The molecule has 1 fully saturated rings. The van der Waals surface area contributed by atoms with E-state index < -0.39 is 10.0 Å². The summed E-state index contributed by atoms with van der Waals surface area (Å²) < 4.78 is 25.9. The quantitative estimate of drug-likeness (QED) is 0.741. The third kappa shape index (κ3) is 4.39. The summed E-state index contributed by atoms with van der Waals surface area (Å²) >= 11 is 0. The normalized spacial score (nSPS) is 28.2. The highest BCUT2D eigenvalue weighted by Gasteiger charge is 2.26. The Kier molecular flexibility index (Phi) is 5.21. The van der Waals surface area contributed by atoms with Crippen molar-refractivity contribution in [3.05, 3.63) is 0 Å². The van der Waals surface area contributed by atoms with Gasteiger partial charge in [-0.05, 0) is 24.7 Å². The van der Waals surface area contributed by atoms with Crippen LogP contribution in [0.15, 0.2) is 0 Å². The average molecular weight is 249 g/mol. The molecule has 0 heterocycles. The van der Waals surface area contributed by atoms with E-state index in [0.29, 0.717) is 6.54 Å². The largest absolute Gasteiger partial charge is 0.393 e. The number of rotatable bonds is 6. The molecule has 3 unspecified atom stereocenters. The molecule has 0 amide bonds. The summed E-state index contributed by atoms with van der Waals surface area (Å²) in [5.74, 6) is 0.476. The van der Waals surface area contributed by atoms with Gasteiger partial charge in [0, 0.05) is 6.54 Å². The third-order valence-corrected chi connectivity index (χ3v) is 5.00. The molecule has 0 radical (unpaired) electrons. The molecule has 96 valence electrons. The van der Waals surface area contributed by atoms with Crippen molar-refractivity contribution < 1.29 is 13.5 Å². The van der Waals surface area contributed by atoms with Gasteiger partial charge in [-0.1, -0.05) is 26.7 Å². The topological polar surface area (TPSA) is 66.4 Å². The number of nitrogens with one attached hydrogen (secondary N) is 1. The second-order valence-corrected chi connectivity index (χ2v) is 6.75. The first-order valence-electron chi connectivity index (χ1n) is 6.10. The van der Waals surface area contributed by atoms with Crippen LogP contribution in [0.25, 0.3) is 0 Å². The van der Waals surface area contributed by atoms with Gasteiger partial charge in [-0.15, -0.1) is 0 Å². The first-order chi connectivity index (χ1) is 7.44. The molecule has 1 saturated carbocycles. The molecule has 0 spiro atoms. The molecule has 0 aromatic carbocycles. The fourth-order valence-corrected chi connectivity index (χ4v) is 3.61. The molecule has 0 aromatic heterocycles. The highest BCUT2D eigenvalue weighted by Crippen LogP contribution is 2.24. The number of aliphatic hydroxyl groups excluding tert-OH is 1. The minimum atomic E-state index is -3.16. The van der Waals surface area contributed by atoms with Crippen LogP contribution in [0.5, 0.6) is 0 Å². The summed E-state index contributed by atoms with van der Waals surface area (Å²) in [5.41, 5.74) is 0. The molecule has 1 aliphatic carbocycles. The number of hydrogen-bond donors (Lipinski definition) is 2. The summed E-state index contributed by atoms with van der Waals surface area (Å²) in [5, 5.41) is 9.58. The summed E-state index contributed by atoms with van der Waals surface area (Å²) in [4.78, 5) is 0. The molecule has 1 rings (SSSR count). The van der Waals surface area contributed by atoms with Crippen molar-refractivity contribution >= 4 is 10.0 Å². The summed E-state index contributed by atoms with van der Waals surface area (Å²) in [6.07, 6.45) is 3.27. The van der Waals surface area contributed by atoms with Gasteiger partial charge in [0.2, 0.25) is 10.0 Å². The number of aliphatic hydroxyl groups is 1. The van der Waals surface area contributed by atoms with Crippen molar-refractivity contribution in [1.82, 2.24) is 4.72 Å². The maximum Gasteiger partial charge on any atom is 0.211 e. The SMILES string of the molecule is CCC(C)CS(=O)(=O)NCC1CCCC1O. The van der Waals surface area contributed by atoms with E-state index in [1.54, 1.807) is 0 Å². The average Bonchev–Trinajstić information content (AvgIpc) is 2.60. The second-order valence-electron chi connectivity index (χ2n) is 4.90. The lowest BCUT2D eigenvalue weighted by Gasteiger charge is -2.16. The molecule has 16 heavy (non-hydrogen) atoms. The van der Waals surface area contributed by atoms with Gasteiger partial charge in [-0.25, -0.2) is 13.1 Å². The molecule has 0 aromatic rings. The van der Waals surface area contributed by atoms with Crippen LogP contribution in [0, 0.1) is 11.8 Å². The van der Waals surface area contributed by atoms with Crippen LogP contribution in [0.2, 0.25) is 0 Å². The molecule has 2 N–H and O–H groups in total. The predicted molar refractivity (Wildman–Crippen MR) is 64.6 cm³/mol. The summed E-state index contributed by atoms with van der Waals surface area (Å²) in [6.45, 7) is 4.31. The number of hydrogen-bond acceptors (Lipinski definition) is 3. The van der Waals surface area contributed by atoms with Gasteiger partial charge in [0.15, 0.2) is 0 Å². The van der Waals surface area contributed by atoms with E-state index in [1.165, 1.54) is 0 Å². The van der Waals surface area contributed by atoms with Gasteiger partial charge < -0.3 is 5.11 Å². The lowest BCUT2D eigenvalue weighted by atomic mass is 10.1. The maximum atomic E-state index is 11.7. The Hall–Kier alpha value is -0.130. The van der Waals surface area contributed by atoms with Crippen molar-refractivity contribution in [3.63, 3.8) is 0 Å². The second kappa shape index (κ2) is 5.98. The van der Waals surface area contributed by atoms with Crippen LogP contribution < -0.4 is 4.72 Å². The van der Waals surface area contributed by atoms with Crippen molar-refractivity contribution in [3.8, 4) is 0 Å². The molecule has 3 atom stereocenters. The molecule has 0 bridgehead atoms. The van der Waals surface area contributed by atoms with Crippen LogP contribution >= 0.6 is 0 Å². The Balaban J connectivity index is 2.35. The van der Waals surface area contributed by atoms with Gasteiger partial charge in [-0.2, -0.15) is 0 Å². The molecular weight excluding hydrogens is 226 g/mol. The van der Waals surface area contributed by atoms with Gasteiger partial charge in [-0.3, -0.25) is 0 Å². The van der Waals surface area contributed by atoms with Crippen molar-refractivity contribution in [1.29, 1.82) is 0 Å². The molecule has 1 aliphatic rings. The van der Waals surface area contributed by atoms with E-state index in [0.717, 1.165) is 25.7 Å². The minimum absolute atomic E-state index is 0.103. The van der Waals surface area contributed by atoms with Crippen LogP contribution in [-0.2, 0) is 10.0 Å². The van der Waals surface area contributed by atoms with E-state index >= 15 is 0 Å². The van der Waals surface area contributed by atoms with E-state index in [2.05, 4.69) is 4.72 Å². The van der Waals surface area contributed by atoms with Gasteiger partial charge >= 0.3 is 0 Å². The van der Waals surface area contributed by atoms with E-state index in [4.69, 9.17) is 0 Å². The zero-order valence-electron chi connectivity index (χ0n) is 10.1. The fraction of sp³-hybridized carbons (Fsp3) is 1.00. The molecule has 0 saturated heterocycles. The predicted octanol–water partition coefficient (Wildman–Crippen LogP) is 1.11. The summed E-state index contributed by atoms with van der Waals surface area (Å²) in [7, 11) is -3.16. The maximum absolute atomic E-state index is 11.7. The first kappa shape index (κ1) is 13.9. The molecular formula is C11H23NO3S. The fourth-order valence-electron chi connectivity index (χ4n) is 2.04. The Labute approximate surface area is 98.5 Å². The Morgan fingerprint density at radius 3 is 2.62 bits per heavy atom. The Bertz CT molecular complexity index is 302. The summed E-state index contributed by atoms with van der Waals surface area (Å²) in [6, 6.07) is 0. The van der Waals surface area contributed by atoms with E-state index in [9.17, 15) is 13.5 Å². The van der Waals surface area contributed by atoms with E-state index in [-0.39, 0.29) is 23.7 Å². The highest BCUT2D eigenvalue weighted by molar-refractivity contribution is 7.89. The van der Waals surface area contributed by atoms with Crippen LogP contribution in [0.3, 0.4) is 0 Å². The lowest BCUT2D eigenvalue weighted by Crippen LogP contribution is -2.35. The van der Waals surface area contributed by atoms with E-state index in [1.807, 2.05) is 13.8 Å². The van der Waals surface area contributed by atoms with Crippen molar-refractivity contribution in [2.75, 3.05) is 12.3 Å². The van der Waals surface area contributed by atoms with Gasteiger partial charge in [0.05, 0.1) is 11.9 Å². The van der Waals surface area contributed by atoms with Gasteiger partial charge in [0.25, 0.3) is 0 Å². The number of sulfonamides is 1. The van der Waals surface area contributed by atoms with Crippen molar-refractivity contribution in [2.45, 2.75) is 45.6 Å². The monoisotopic (exact) mass is 249 g/mol. The smallest absolute Gasteiger partial charge is 0.211 e. The van der Waals surface area contributed by atoms with Gasteiger partial charge in [0.1, 0.15) is 0 Å². The lowest BCUT2D eigenvalue weighted by molar-refractivity contribution is 0.134. The minimum Gasteiger partial charge on any atom is -0.393 e. The van der Waals surface area contributed by atoms with Crippen LogP contribution in [0.1, 0.15) is 39.5 Å². The Morgan fingerprint density at radius 2 is 2.12 bits per heavy atom. The first-order valence-corrected chi connectivity index (χ1v) is 7.75. The van der Waals surface area contributed by atoms with Crippen molar-refractivity contribution in [2.24, 2.45) is 11.8 Å². The molecule has 0 aliphatic heterocycles. The zero-order valence-corrected chi connectivity index (χ0v) is 11.0. The Morgan fingerprint density at radius 1 is 1.44 bits per heavy atom. The molecule has 4 nitrogen and oxygen atoms in total.